The molecule has 1 aliphatic heterocycles. The molecule has 8 heteroatoms. The molecule has 122 valence electrons. The van der Waals surface area contributed by atoms with E-state index in [4.69, 9.17) is 0 Å². The third kappa shape index (κ3) is 3.65. The molecule has 1 amide bonds. The first kappa shape index (κ1) is 15.4. The second-order valence-electron chi connectivity index (χ2n) is 5.78. The highest BCUT2D eigenvalue weighted by atomic mass is 16.2. The summed E-state index contributed by atoms with van der Waals surface area (Å²) < 4.78 is 1.64. The van der Waals surface area contributed by atoms with E-state index >= 15 is 0 Å². The summed E-state index contributed by atoms with van der Waals surface area (Å²) in [5, 5.41) is 6.90. The summed E-state index contributed by atoms with van der Waals surface area (Å²) in [5.74, 6) is 1.08. The van der Waals surface area contributed by atoms with Crippen molar-refractivity contribution in [3.05, 3.63) is 39.7 Å². The van der Waals surface area contributed by atoms with Gasteiger partial charge in [-0.2, -0.15) is 5.10 Å². The first-order valence-electron chi connectivity index (χ1n) is 7.62. The Balaban J connectivity index is 1.62. The van der Waals surface area contributed by atoms with E-state index in [-0.39, 0.29) is 18.0 Å². The van der Waals surface area contributed by atoms with E-state index in [0.717, 1.165) is 11.3 Å². The molecule has 3 rings (SSSR count). The van der Waals surface area contributed by atoms with Crippen molar-refractivity contribution in [1.29, 1.82) is 0 Å². The Morgan fingerprint density at radius 3 is 2.91 bits per heavy atom. The number of H-pyrrole nitrogens is 1. The SMILES string of the molecule is Cc1nc2c(c(=O)[nH]1)CCN(CC(=O)Nc1ccn(C)n1)CC2. The lowest BCUT2D eigenvalue weighted by atomic mass is 10.1. The number of fused-ring (bicyclic) bond motifs is 1. The molecule has 8 nitrogen and oxygen atoms in total. The Morgan fingerprint density at radius 1 is 1.39 bits per heavy atom. The number of carbonyl (C=O) groups is 1. The quantitative estimate of drug-likeness (QED) is 0.821. The maximum Gasteiger partial charge on any atom is 0.254 e. The van der Waals surface area contributed by atoms with Crippen LogP contribution in [0.1, 0.15) is 17.1 Å². The molecule has 0 atom stereocenters. The van der Waals surface area contributed by atoms with Crippen LogP contribution in [0.4, 0.5) is 5.82 Å². The third-order valence-corrected chi connectivity index (χ3v) is 3.91. The predicted octanol–water partition coefficient (Wildman–Crippen LogP) is -0.149. The molecule has 0 radical (unpaired) electrons. The fourth-order valence-electron chi connectivity index (χ4n) is 2.80. The maximum absolute atomic E-state index is 12.1. The number of amides is 1. The van der Waals surface area contributed by atoms with E-state index in [1.54, 1.807) is 30.9 Å². The molecule has 2 N–H and O–H groups in total. The van der Waals surface area contributed by atoms with Gasteiger partial charge in [-0.05, 0) is 13.3 Å². The van der Waals surface area contributed by atoms with Gasteiger partial charge in [0.1, 0.15) is 5.82 Å². The van der Waals surface area contributed by atoms with E-state index in [1.807, 2.05) is 4.90 Å². The highest BCUT2D eigenvalue weighted by Gasteiger charge is 2.19. The molecule has 0 unspecified atom stereocenters. The Bertz CT molecular complexity index is 779. The zero-order valence-corrected chi connectivity index (χ0v) is 13.3. The second-order valence-corrected chi connectivity index (χ2v) is 5.78. The molecule has 0 aromatic carbocycles. The average molecular weight is 316 g/mol. The van der Waals surface area contributed by atoms with E-state index < -0.39 is 0 Å². The summed E-state index contributed by atoms with van der Waals surface area (Å²) in [7, 11) is 1.80. The molecular formula is C15H20N6O2. The summed E-state index contributed by atoms with van der Waals surface area (Å²) in [5.41, 5.74) is 1.52. The van der Waals surface area contributed by atoms with Gasteiger partial charge < -0.3 is 10.3 Å². The van der Waals surface area contributed by atoms with Crippen LogP contribution >= 0.6 is 0 Å². The van der Waals surface area contributed by atoms with Crippen molar-refractivity contribution in [3.8, 4) is 0 Å². The van der Waals surface area contributed by atoms with Gasteiger partial charge in [0.25, 0.3) is 5.56 Å². The Morgan fingerprint density at radius 2 is 2.17 bits per heavy atom. The number of nitrogens with zero attached hydrogens (tertiary/aromatic N) is 4. The smallest absolute Gasteiger partial charge is 0.254 e. The van der Waals surface area contributed by atoms with Crippen molar-refractivity contribution < 1.29 is 4.79 Å². The molecule has 1 aliphatic rings. The number of hydrogen-bond acceptors (Lipinski definition) is 5. The standard InChI is InChI=1S/C15H20N6O2/c1-10-16-12-4-8-21(7-3-11(12)15(23)17-10)9-14(22)18-13-5-6-20(2)19-13/h5-6H,3-4,7-9H2,1-2H3,(H,16,17,23)(H,18,19,22). The van der Waals surface area contributed by atoms with Crippen LogP contribution in [0.5, 0.6) is 0 Å². The van der Waals surface area contributed by atoms with Crippen LogP contribution in [0.15, 0.2) is 17.1 Å². The zero-order chi connectivity index (χ0) is 16.4. The van der Waals surface area contributed by atoms with Crippen molar-refractivity contribution in [2.45, 2.75) is 19.8 Å². The minimum absolute atomic E-state index is 0.0627. The molecule has 3 heterocycles. The van der Waals surface area contributed by atoms with Gasteiger partial charge in [0, 0.05) is 44.4 Å². The minimum atomic E-state index is -0.104. The monoisotopic (exact) mass is 316 g/mol. The molecule has 0 saturated heterocycles. The number of carbonyl (C=O) groups excluding carboxylic acids is 1. The highest BCUT2D eigenvalue weighted by molar-refractivity contribution is 5.91. The number of nitrogens with one attached hydrogen (secondary N) is 2. The minimum Gasteiger partial charge on any atom is -0.311 e. The van der Waals surface area contributed by atoms with Gasteiger partial charge in [0.15, 0.2) is 5.82 Å². The third-order valence-electron chi connectivity index (χ3n) is 3.91. The molecule has 23 heavy (non-hydrogen) atoms. The number of anilines is 1. The first-order chi connectivity index (χ1) is 11.0. The number of aryl methyl sites for hydroxylation is 2. The van der Waals surface area contributed by atoms with Gasteiger partial charge in [-0.3, -0.25) is 19.2 Å². The van der Waals surface area contributed by atoms with Gasteiger partial charge >= 0.3 is 0 Å². The fourth-order valence-corrected chi connectivity index (χ4v) is 2.80. The van der Waals surface area contributed by atoms with E-state index in [9.17, 15) is 9.59 Å². The Kier molecular flexibility index (Phi) is 4.24. The average Bonchev–Trinajstić information content (AvgIpc) is 2.76. The molecule has 0 spiro atoms. The zero-order valence-electron chi connectivity index (χ0n) is 13.3. The van der Waals surface area contributed by atoms with Crippen molar-refractivity contribution in [1.82, 2.24) is 24.6 Å². The van der Waals surface area contributed by atoms with Gasteiger partial charge in [0.05, 0.1) is 12.2 Å². The molecule has 0 bridgehead atoms. The van der Waals surface area contributed by atoms with Crippen LogP contribution in [0.3, 0.4) is 0 Å². The maximum atomic E-state index is 12.1. The summed E-state index contributed by atoms with van der Waals surface area (Å²) >= 11 is 0. The molecule has 0 fully saturated rings. The molecule has 0 aliphatic carbocycles. The molecule has 2 aromatic heterocycles. The van der Waals surface area contributed by atoms with Crippen molar-refractivity contribution >= 4 is 11.7 Å². The Hall–Kier alpha value is -2.48. The van der Waals surface area contributed by atoms with Gasteiger partial charge in [-0.1, -0.05) is 0 Å². The van der Waals surface area contributed by atoms with Crippen molar-refractivity contribution in [3.63, 3.8) is 0 Å². The fraction of sp³-hybridized carbons (Fsp3) is 0.467. The summed E-state index contributed by atoms with van der Waals surface area (Å²) in [6, 6.07) is 1.75. The predicted molar refractivity (Wildman–Crippen MR) is 85.3 cm³/mol. The molecule has 0 saturated carbocycles. The molecular weight excluding hydrogens is 296 g/mol. The summed E-state index contributed by atoms with van der Waals surface area (Å²) in [6.07, 6.45) is 3.06. The number of rotatable bonds is 3. The van der Waals surface area contributed by atoms with Crippen LogP contribution in [0, 0.1) is 6.92 Å². The lowest BCUT2D eigenvalue weighted by molar-refractivity contribution is -0.117. The van der Waals surface area contributed by atoms with Crippen LogP contribution < -0.4 is 10.9 Å². The molecule has 2 aromatic rings. The van der Waals surface area contributed by atoms with E-state index in [1.165, 1.54) is 0 Å². The lowest BCUT2D eigenvalue weighted by Crippen LogP contribution is -2.35. The normalized spacial score (nSPS) is 15.0. The topological polar surface area (TPSA) is 95.9 Å². The number of hydrogen-bond donors (Lipinski definition) is 2. The van der Waals surface area contributed by atoms with Crippen molar-refractivity contribution in [2.24, 2.45) is 7.05 Å². The highest BCUT2D eigenvalue weighted by Crippen LogP contribution is 2.10. The van der Waals surface area contributed by atoms with Gasteiger partial charge in [-0.15, -0.1) is 0 Å². The van der Waals surface area contributed by atoms with E-state index in [2.05, 4.69) is 20.4 Å². The summed E-state index contributed by atoms with van der Waals surface area (Å²) in [4.78, 5) is 33.3. The van der Waals surface area contributed by atoms with Crippen LogP contribution in [-0.4, -0.2) is 50.2 Å². The van der Waals surface area contributed by atoms with Gasteiger partial charge in [0.2, 0.25) is 5.91 Å². The summed E-state index contributed by atoms with van der Waals surface area (Å²) in [6.45, 7) is 3.43. The van der Waals surface area contributed by atoms with Crippen molar-refractivity contribution in [2.75, 3.05) is 25.0 Å². The second kappa shape index (κ2) is 6.33. The van der Waals surface area contributed by atoms with Crippen LogP contribution in [0.2, 0.25) is 0 Å². The van der Waals surface area contributed by atoms with Gasteiger partial charge in [-0.25, -0.2) is 4.98 Å². The Labute approximate surface area is 133 Å². The van der Waals surface area contributed by atoms with Crippen LogP contribution in [-0.2, 0) is 24.7 Å². The first-order valence-corrected chi connectivity index (χ1v) is 7.62. The largest absolute Gasteiger partial charge is 0.311 e. The van der Waals surface area contributed by atoms with Crippen LogP contribution in [0.25, 0.3) is 0 Å². The number of aromatic nitrogens is 4. The number of aromatic amines is 1. The lowest BCUT2D eigenvalue weighted by Gasteiger charge is -2.18. The van der Waals surface area contributed by atoms with E-state index in [0.29, 0.717) is 37.6 Å².